The summed E-state index contributed by atoms with van der Waals surface area (Å²) < 4.78 is 46.1. The number of hydrogen-bond acceptors (Lipinski definition) is 3. The molecular weight excluding hydrogens is 265 g/mol. The highest BCUT2D eigenvalue weighted by Gasteiger charge is 2.35. The van der Waals surface area contributed by atoms with Crippen molar-refractivity contribution in [1.29, 1.82) is 0 Å². The van der Waals surface area contributed by atoms with Crippen molar-refractivity contribution in [2.24, 2.45) is 0 Å². The summed E-state index contributed by atoms with van der Waals surface area (Å²) in [4.78, 5) is 10.0. The largest absolute Gasteiger partial charge is 0.498 e. The minimum Gasteiger partial charge on any atom is -0.390 e. The summed E-state index contributed by atoms with van der Waals surface area (Å²) in [5, 5.41) is 0. The molecule has 18 heavy (non-hydrogen) atoms. The van der Waals surface area contributed by atoms with Crippen molar-refractivity contribution in [3.63, 3.8) is 0 Å². The van der Waals surface area contributed by atoms with Crippen LogP contribution in [0.1, 0.15) is 46.0 Å². The first-order valence-corrected chi connectivity index (χ1v) is 8.37. The van der Waals surface area contributed by atoms with Gasteiger partial charge in [0.1, 0.15) is 0 Å². The van der Waals surface area contributed by atoms with Crippen LogP contribution in [0.3, 0.4) is 0 Å². The molecule has 0 saturated carbocycles. The van der Waals surface area contributed by atoms with Crippen LogP contribution in [0.25, 0.3) is 0 Å². The van der Waals surface area contributed by atoms with Crippen molar-refractivity contribution in [2.75, 3.05) is 13.2 Å². The first-order chi connectivity index (χ1) is 8.33. The normalized spacial score (nSPS) is 13.0. The Hall–Kier alpha value is -0.113. The van der Waals surface area contributed by atoms with E-state index in [1.54, 1.807) is 13.8 Å². The fourth-order valence-corrected chi connectivity index (χ4v) is 3.64. The number of unbranched alkanes of at least 4 members (excludes halogenated alkanes) is 3. The van der Waals surface area contributed by atoms with E-state index in [9.17, 15) is 18.0 Å². The highest BCUT2D eigenvalue weighted by Crippen LogP contribution is 2.23. The van der Waals surface area contributed by atoms with Crippen molar-refractivity contribution in [1.82, 2.24) is 0 Å². The molecule has 0 aliphatic rings. The maximum Gasteiger partial charge on any atom is 0.498 e. The van der Waals surface area contributed by atoms with Crippen LogP contribution in [0.5, 0.6) is 0 Å². The molecule has 1 N–H and O–H groups in total. The second kappa shape index (κ2) is 8.90. The van der Waals surface area contributed by atoms with E-state index in [1.165, 1.54) is 0 Å². The molecule has 0 amide bonds. The molecule has 0 spiro atoms. The molecule has 0 heterocycles. The van der Waals surface area contributed by atoms with Crippen LogP contribution in [0.4, 0.5) is 13.2 Å². The Morgan fingerprint density at radius 3 is 1.89 bits per heavy atom. The lowest BCUT2D eigenvalue weighted by Gasteiger charge is -2.22. The fourth-order valence-electron chi connectivity index (χ4n) is 1.66. The molecule has 0 atom stereocenters. The summed E-state index contributed by atoms with van der Waals surface area (Å²) in [5.41, 5.74) is 0. The topological polar surface area (TPSA) is 38.7 Å². The van der Waals surface area contributed by atoms with Gasteiger partial charge in [0.25, 0.3) is 0 Å². The number of alkyl halides is 3. The number of halogens is 3. The van der Waals surface area contributed by atoms with Crippen LogP contribution < -0.4 is 0 Å². The van der Waals surface area contributed by atoms with Gasteiger partial charge < -0.3 is 13.6 Å². The zero-order valence-electron chi connectivity index (χ0n) is 11.1. The van der Waals surface area contributed by atoms with E-state index >= 15 is 0 Å². The number of rotatable bonds is 10. The van der Waals surface area contributed by atoms with Gasteiger partial charge in [0, 0.05) is 25.7 Å². The first-order valence-electron chi connectivity index (χ1n) is 6.40. The third-order valence-electron chi connectivity index (χ3n) is 2.44. The summed E-state index contributed by atoms with van der Waals surface area (Å²) >= 11 is 0. The molecule has 110 valence electrons. The van der Waals surface area contributed by atoms with Gasteiger partial charge in [0.05, 0.1) is 0 Å². The second-order valence-corrected chi connectivity index (χ2v) is 6.61. The lowest BCUT2D eigenvalue weighted by molar-refractivity contribution is -0.135. The minimum atomic E-state index is -4.06. The Balaban J connectivity index is 3.67. The average molecular weight is 288 g/mol. The zero-order valence-corrected chi connectivity index (χ0v) is 12.1. The van der Waals surface area contributed by atoms with E-state index < -0.39 is 21.4 Å². The molecule has 0 unspecified atom stereocenters. The third kappa shape index (κ3) is 9.87. The Kier molecular flexibility index (Phi) is 8.84. The van der Waals surface area contributed by atoms with E-state index in [-0.39, 0.29) is 6.42 Å². The lowest BCUT2D eigenvalue weighted by atomic mass is 10.1. The summed E-state index contributed by atoms with van der Waals surface area (Å²) in [6.45, 7) is 4.33. The molecule has 0 aromatic heterocycles. The van der Waals surface area contributed by atoms with Gasteiger partial charge >= 0.3 is 15.0 Å². The monoisotopic (exact) mass is 288 g/mol. The summed E-state index contributed by atoms with van der Waals surface area (Å²) in [5.74, 6) is 0. The van der Waals surface area contributed by atoms with E-state index in [4.69, 9.17) is 8.85 Å². The minimum absolute atomic E-state index is 0.146. The van der Waals surface area contributed by atoms with Crippen molar-refractivity contribution in [3.05, 3.63) is 0 Å². The van der Waals surface area contributed by atoms with Crippen molar-refractivity contribution in [3.8, 4) is 0 Å². The van der Waals surface area contributed by atoms with Crippen LogP contribution in [0.15, 0.2) is 0 Å². The molecule has 0 radical (unpaired) electrons. The molecular formula is C11H23F3O3Si. The predicted octanol–water partition coefficient (Wildman–Crippen LogP) is 3.50. The van der Waals surface area contributed by atoms with Crippen LogP contribution in [-0.4, -0.2) is 33.0 Å². The molecule has 0 saturated heterocycles. The van der Waals surface area contributed by atoms with Crippen LogP contribution in [0, 0.1) is 0 Å². The summed E-state index contributed by atoms with van der Waals surface area (Å²) in [6, 6.07) is 0.417. The third-order valence-corrected chi connectivity index (χ3v) is 4.91. The SMILES string of the molecule is CCO[Si](O)(CCCCCCC(F)(F)F)OCC. The van der Waals surface area contributed by atoms with Gasteiger partial charge in [-0.3, -0.25) is 0 Å². The van der Waals surface area contributed by atoms with Gasteiger partial charge in [0.2, 0.25) is 0 Å². The smallest absolute Gasteiger partial charge is 0.390 e. The molecule has 0 fully saturated rings. The second-order valence-electron chi connectivity index (χ2n) is 4.11. The van der Waals surface area contributed by atoms with Crippen LogP contribution >= 0.6 is 0 Å². The molecule has 0 rings (SSSR count). The van der Waals surface area contributed by atoms with Crippen LogP contribution in [-0.2, 0) is 8.85 Å². The molecule has 0 aromatic rings. The molecule has 7 heteroatoms. The Bertz CT molecular complexity index is 206. The standard InChI is InChI=1S/C11H23F3O3Si/c1-3-16-18(15,17-4-2)10-8-6-5-7-9-11(12,13)14/h15H,3-10H2,1-2H3. The van der Waals surface area contributed by atoms with Gasteiger partial charge in [-0.1, -0.05) is 12.8 Å². The van der Waals surface area contributed by atoms with Crippen LogP contribution in [0.2, 0.25) is 6.04 Å². The average Bonchev–Trinajstić information content (AvgIpc) is 2.22. The highest BCUT2D eigenvalue weighted by atomic mass is 28.4. The van der Waals surface area contributed by atoms with Gasteiger partial charge in [-0.15, -0.1) is 0 Å². The Morgan fingerprint density at radius 2 is 1.44 bits per heavy atom. The molecule has 0 aromatic carbocycles. The fraction of sp³-hybridized carbons (Fsp3) is 1.00. The Morgan fingerprint density at radius 1 is 0.944 bits per heavy atom. The molecule has 0 aliphatic carbocycles. The summed E-state index contributed by atoms with van der Waals surface area (Å²) in [7, 11) is -3.07. The van der Waals surface area contributed by atoms with E-state index in [0.29, 0.717) is 38.5 Å². The van der Waals surface area contributed by atoms with Gasteiger partial charge in [-0.05, 0) is 26.7 Å². The molecule has 0 bridgehead atoms. The van der Waals surface area contributed by atoms with Gasteiger partial charge in [-0.25, -0.2) is 0 Å². The zero-order chi connectivity index (χ0) is 14.1. The van der Waals surface area contributed by atoms with Gasteiger partial charge in [0.15, 0.2) is 0 Å². The van der Waals surface area contributed by atoms with E-state index in [1.807, 2.05) is 0 Å². The predicted molar refractivity (Wildman–Crippen MR) is 65.2 cm³/mol. The van der Waals surface area contributed by atoms with Crippen molar-refractivity contribution >= 4 is 8.80 Å². The van der Waals surface area contributed by atoms with E-state index in [0.717, 1.165) is 0 Å². The van der Waals surface area contributed by atoms with E-state index in [2.05, 4.69) is 0 Å². The quantitative estimate of drug-likeness (QED) is 0.494. The molecule has 3 nitrogen and oxygen atoms in total. The maximum absolute atomic E-state index is 11.9. The summed E-state index contributed by atoms with van der Waals surface area (Å²) in [6.07, 6.45) is -2.83. The highest BCUT2D eigenvalue weighted by molar-refractivity contribution is 6.59. The van der Waals surface area contributed by atoms with Crippen molar-refractivity contribution < 1.29 is 26.8 Å². The first kappa shape index (κ1) is 17.9. The number of hydrogen-bond donors (Lipinski definition) is 1. The maximum atomic E-state index is 11.9. The lowest BCUT2D eigenvalue weighted by Crippen LogP contribution is -2.42. The Labute approximate surface area is 108 Å². The van der Waals surface area contributed by atoms with Gasteiger partial charge in [-0.2, -0.15) is 13.2 Å². The van der Waals surface area contributed by atoms with Crippen molar-refractivity contribution in [2.45, 2.75) is 58.2 Å². The molecule has 0 aliphatic heterocycles.